The molecule has 0 saturated carbocycles. The molecular formula is C15H32N2O2. The number of nitrogens with zero attached hydrogens (tertiary/aromatic N) is 1. The van der Waals surface area contributed by atoms with Crippen LogP contribution in [0.1, 0.15) is 48.0 Å². The lowest BCUT2D eigenvalue weighted by Gasteiger charge is -2.46. The maximum atomic E-state index is 9.61. The third-order valence-electron chi connectivity index (χ3n) is 3.92. The van der Waals surface area contributed by atoms with E-state index in [2.05, 4.69) is 51.8 Å². The van der Waals surface area contributed by atoms with E-state index in [1.165, 1.54) is 0 Å². The minimum atomic E-state index is -0.195. The average Bonchev–Trinajstić information content (AvgIpc) is 2.26. The summed E-state index contributed by atoms with van der Waals surface area (Å²) in [5.41, 5.74) is -0.278. The third-order valence-corrected chi connectivity index (χ3v) is 3.92. The van der Waals surface area contributed by atoms with Gasteiger partial charge in [0.15, 0.2) is 0 Å². The van der Waals surface area contributed by atoms with Gasteiger partial charge < -0.3 is 15.2 Å². The van der Waals surface area contributed by atoms with Gasteiger partial charge in [0.25, 0.3) is 0 Å². The minimum Gasteiger partial charge on any atom is -0.394 e. The largest absolute Gasteiger partial charge is 0.394 e. The summed E-state index contributed by atoms with van der Waals surface area (Å²) in [7, 11) is 0. The molecule has 4 heteroatoms. The zero-order chi connectivity index (χ0) is 14.7. The first-order chi connectivity index (χ1) is 8.71. The fraction of sp³-hybridized carbons (Fsp3) is 1.00. The van der Waals surface area contributed by atoms with Crippen molar-refractivity contribution in [3.8, 4) is 0 Å². The Morgan fingerprint density at radius 1 is 1.53 bits per heavy atom. The summed E-state index contributed by atoms with van der Waals surface area (Å²) >= 11 is 0. The highest BCUT2D eigenvalue weighted by Gasteiger charge is 2.35. The number of aliphatic hydroxyl groups excluding tert-OH is 1. The molecule has 0 spiro atoms. The fourth-order valence-corrected chi connectivity index (χ4v) is 3.24. The van der Waals surface area contributed by atoms with Gasteiger partial charge in [-0.15, -0.1) is 0 Å². The molecule has 1 aliphatic rings. The summed E-state index contributed by atoms with van der Waals surface area (Å²) in [6.45, 7) is 15.8. The highest BCUT2D eigenvalue weighted by Crippen LogP contribution is 2.25. The van der Waals surface area contributed by atoms with Crippen LogP contribution in [0.4, 0.5) is 0 Å². The van der Waals surface area contributed by atoms with Crippen LogP contribution in [0.2, 0.25) is 0 Å². The van der Waals surface area contributed by atoms with Crippen molar-refractivity contribution in [2.45, 2.75) is 71.2 Å². The van der Waals surface area contributed by atoms with E-state index in [0.29, 0.717) is 6.04 Å². The molecule has 0 radical (unpaired) electrons. The third kappa shape index (κ3) is 5.03. The van der Waals surface area contributed by atoms with E-state index < -0.39 is 0 Å². The number of ether oxygens (including phenoxy) is 1. The number of likely N-dealkylation sites (N-methyl/N-ethyl adjacent to an activating group) is 1. The second-order valence-corrected chi connectivity index (χ2v) is 6.92. The second-order valence-electron chi connectivity index (χ2n) is 6.92. The summed E-state index contributed by atoms with van der Waals surface area (Å²) in [5.74, 6) is 0. The Kier molecular flexibility index (Phi) is 5.80. The number of rotatable bonds is 6. The molecule has 114 valence electrons. The minimum absolute atomic E-state index is 0.0836. The number of aliphatic hydroxyl groups is 1. The summed E-state index contributed by atoms with van der Waals surface area (Å²) < 4.78 is 5.95. The zero-order valence-electron chi connectivity index (χ0n) is 13.5. The summed E-state index contributed by atoms with van der Waals surface area (Å²) in [6, 6.07) is 0.432. The van der Waals surface area contributed by atoms with Gasteiger partial charge in [-0.25, -0.2) is 0 Å². The molecule has 0 aromatic rings. The van der Waals surface area contributed by atoms with Crippen LogP contribution in [0.15, 0.2) is 0 Å². The molecule has 4 nitrogen and oxygen atoms in total. The van der Waals surface area contributed by atoms with E-state index >= 15 is 0 Å². The van der Waals surface area contributed by atoms with E-state index in [1.54, 1.807) is 0 Å². The second kappa shape index (κ2) is 6.53. The van der Waals surface area contributed by atoms with Crippen molar-refractivity contribution in [2.24, 2.45) is 0 Å². The van der Waals surface area contributed by atoms with Crippen molar-refractivity contribution in [3.63, 3.8) is 0 Å². The van der Waals surface area contributed by atoms with Crippen LogP contribution >= 0.6 is 0 Å². The van der Waals surface area contributed by atoms with E-state index in [4.69, 9.17) is 4.74 Å². The Labute approximate surface area is 118 Å². The predicted octanol–water partition coefficient (Wildman–Crippen LogP) is 1.62. The first-order valence-corrected chi connectivity index (χ1v) is 7.49. The molecule has 1 saturated heterocycles. The van der Waals surface area contributed by atoms with E-state index in [1.807, 2.05) is 0 Å². The van der Waals surface area contributed by atoms with Crippen LogP contribution in [-0.2, 0) is 4.74 Å². The SMILES string of the molecule is CCNC(C)(CO)CC(C)N1CC(C)OC(C)(C)C1. The summed E-state index contributed by atoms with van der Waals surface area (Å²) in [4.78, 5) is 2.49. The molecule has 0 amide bonds. The Balaban J connectivity index is 2.63. The summed E-state index contributed by atoms with van der Waals surface area (Å²) in [5, 5.41) is 13.0. The molecular weight excluding hydrogens is 240 g/mol. The van der Waals surface area contributed by atoms with Crippen LogP contribution < -0.4 is 5.32 Å². The van der Waals surface area contributed by atoms with Crippen molar-refractivity contribution in [3.05, 3.63) is 0 Å². The van der Waals surface area contributed by atoms with Gasteiger partial charge in [0.1, 0.15) is 0 Å². The van der Waals surface area contributed by atoms with Gasteiger partial charge in [0.2, 0.25) is 0 Å². The van der Waals surface area contributed by atoms with Crippen LogP contribution in [-0.4, -0.2) is 59.5 Å². The Morgan fingerprint density at radius 2 is 2.16 bits per heavy atom. The summed E-state index contributed by atoms with van der Waals surface area (Å²) in [6.07, 6.45) is 1.21. The topological polar surface area (TPSA) is 44.7 Å². The molecule has 3 unspecified atom stereocenters. The predicted molar refractivity (Wildman–Crippen MR) is 79.4 cm³/mol. The van der Waals surface area contributed by atoms with Crippen molar-refractivity contribution in [1.29, 1.82) is 0 Å². The number of hydrogen-bond donors (Lipinski definition) is 2. The van der Waals surface area contributed by atoms with Crippen LogP contribution in [0, 0.1) is 0 Å². The van der Waals surface area contributed by atoms with Gasteiger partial charge in [-0.05, 0) is 47.6 Å². The maximum Gasteiger partial charge on any atom is 0.0757 e. The van der Waals surface area contributed by atoms with Crippen molar-refractivity contribution in [1.82, 2.24) is 10.2 Å². The van der Waals surface area contributed by atoms with Crippen molar-refractivity contribution >= 4 is 0 Å². The van der Waals surface area contributed by atoms with Gasteiger partial charge in [-0.2, -0.15) is 0 Å². The Morgan fingerprint density at radius 3 is 2.63 bits per heavy atom. The monoisotopic (exact) mass is 272 g/mol. The van der Waals surface area contributed by atoms with E-state index in [9.17, 15) is 5.11 Å². The first-order valence-electron chi connectivity index (χ1n) is 7.49. The lowest BCUT2D eigenvalue weighted by Crippen LogP contribution is -2.57. The molecule has 2 N–H and O–H groups in total. The highest BCUT2D eigenvalue weighted by molar-refractivity contribution is 4.91. The zero-order valence-corrected chi connectivity index (χ0v) is 13.5. The lowest BCUT2D eigenvalue weighted by atomic mass is 9.92. The van der Waals surface area contributed by atoms with Gasteiger partial charge in [-0.1, -0.05) is 6.92 Å². The van der Waals surface area contributed by atoms with E-state index in [0.717, 1.165) is 26.1 Å². The molecule has 1 heterocycles. The first kappa shape index (κ1) is 16.9. The Hall–Kier alpha value is -0.160. The molecule has 1 aliphatic heterocycles. The maximum absolute atomic E-state index is 9.61. The molecule has 1 rings (SSSR count). The van der Waals surface area contributed by atoms with Crippen molar-refractivity contribution in [2.75, 3.05) is 26.2 Å². The van der Waals surface area contributed by atoms with Gasteiger partial charge >= 0.3 is 0 Å². The van der Waals surface area contributed by atoms with Gasteiger partial charge in [-0.3, -0.25) is 4.90 Å². The molecule has 1 fully saturated rings. The fourth-order valence-electron chi connectivity index (χ4n) is 3.24. The quantitative estimate of drug-likeness (QED) is 0.771. The number of morpholine rings is 1. The average molecular weight is 272 g/mol. The normalized spacial score (nSPS) is 28.9. The molecule has 19 heavy (non-hydrogen) atoms. The highest BCUT2D eigenvalue weighted by atomic mass is 16.5. The van der Waals surface area contributed by atoms with E-state index in [-0.39, 0.29) is 23.9 Å². The van der Waals surface area contributed by atoms with Gasteiger partial charge in [0, 0.05) is 24.7 Å². The number of nitrogens with one attached hydrogen (secondary N) is 1. The van der Waals surface area contributed by atoms with Gasteiger partial charge in [0.05, 0.1) is 18.3 Å². The van der Waals surface area contributed by atoms with Crippen LogP contribution in [0.25, 0.3) is 0 Å². The van der Waals surface area contributed by atoms with Crippen LogP contribution in [0.3, 0.4) is 0 Å². The molecule has 0 aromatic carbocycles. The lowest BCUT2D eigenvalue weighted by molar-refractivity contribution is -0.138. The number of hydrogen-bond acceptors (Lipinski definition) is 4. The molecule has 3 atom stereocenters. The molecule has 0 aromatic heterocycles. The van der Waals surface area contributed by atoms with Crippen LogP contribution in [0.5, 0.6) is 0 Å². The molecule has 0 bridgehead atoms. The standard InChI is InChI=1S/C15H32N2O2/c1-7-16-15(6,11-18)8-12(2)17-9-13(3)19-14(4,5)10-17/h12-13,16,18H,7-11H2,1-6H3. The molecule has 0 aliphatic carbocycles. The Bertz CT molecular complexity index is 283. The van der Waals surface area contributed by atoms with Crippen molar-refractivity contribution < 1.29 is 9.84 Å². The smallest absolute Gasteiger partial charge is 0.0757 e.